The van der Waals surface area contributed by atoms with Crippen LogP contribution in [0.4, 0.5) is 11.8 Å². The van der Waals surface area contributed by atoms with E-state index in [1.54, 1.807) is 0 Å². The molecule has 0 amide bonds. The standard InChI is InChI=1S/C12H20N4O/c1-2-3-5-14-11-7-10(15-12(13)16-11)9-4-6-17-8-9/h7,9H,2-6,8H2,1H3,(H3,13,14,15,16). The Morgan fingerprint density at radius 3 is 3.12 bits per heavy atom. The van der Waals surface area contributed by atoms with Crippen LogP contribution in [0.2, 0.25) is 0 Å². The monoisotopic (exact) mass is 236 g/mol. The molecule has 17 heavy (non-hydrogen) atoms. The fourth-order valence-electron chi connectivity index (χ4n) is 1.95. The van der Waals surface area contributed by atoms with E-state index >= 15 is 0 Å². The fourth-order valence-corrected chi connectivity index (χ4v) is 1.95. The minimum atomic E-state index is 0.341. The first kappa shape index (κ1) is 12.1. The Labute approximate surface area is 102 Å². The van der Waals surface area contributed by atoms with Gasteiger partial charge in [-0.1, -0.05) is 13.3 Å². The molecule has 0 bridgehead atoms. The van der Waals surface area contributed by atoms with Gasteiger partial charge in [0, 0.05) is 25.1 Å². The van der Waals surface area contributed by atoms with E-state index < -0.39 is 0 Å². The molecular weight excluding hydrogens is 216 g/mol. The van der Waals surface area contributed by atoms with Crippen LogP contribution >= 0.6 is 0 Å². The van der Waals surface area contributed by atoms with Crippen LogP contribution in [0.5, 0.6) is 0 Å². The highest BCUT2D eigenvalue weighted by molar-refractivity contribution is 5.41. The van der Waals surface area contributed by atoms with E-state index in [1.165, 1.54) is 0 Å². The lowest BCUT2D eigenvalue weighted by molar-refractivity contribution is 0.193. The molecule has 0 aromatic carbocycles. The minimum Gasteiger partial charge on any atom is -0.381 e. The van der Waals surface area contributed by atoms with Crippen LogP contribution < -0.4 is 11.1 Å². The highest BCUT2D eigenvalue weighted by atomic mass is 16.5. The average molecular weight is 236 g/mol. The van der Waals surface area contributed by atoms with Crippen molar-refractivity contribution in [1.29, 1.82) is 0 Å². The number of anilines is 2. The van der Waals surface area contributed by atoms with Crippen molar-refractivity contribution in [2.24, 2.45) is 0 Å². The van der Waals surface area contributed by atoms with Gasteiger partial charge in [-0.05, 0) is 12.8 Å². The molecule has 0 spiro atoms. The number of nitrogens with one attached hydrogen (secondary N) is 1. The second-order valence-electron chi connectivity index (χ2n) is 4.38. The van der Waals surface area contributed by atoms with Crippen molar-refractivity contribution >= 4 is 11.8 Å². The Hall–Kier alpha value is -1.36. The predicted molar refractivity (Wildman–Crippen MR) is 68.0 cm³/mol. The van der Waals surface area contributed by atoms with E-state index in [-0.39, 0.29) is 0 Å². The molecule has 1 saturated heterocycles. The molecule has 1 aromatic heterocycles. The van der Waals surface area contributed by atoms with Crippen LogP contribution in [0, 0.1) is 0 Å². The molecule has 2 rings (SSSR count). The normalized spacial score (nSPS) is 19.5. The summed E-state index contributed by atoms with van der Waals surface area (Å²) >= 11 is 0. The van der Waals surface area contributed by atoms with Gasteiger partial charge in [0.1, 0.15) is 5.82 Å². The van der Waals surface area contributed by atoms with Crippen LogP contribution in [0.25, 0.3) is 0 Å². The number of aromatic nitrogens is 2. The van der Waals surface area contributed by atoms with Crippen LogP contribution in [0.1, 0.15) is 37.8 Å². The summed E-state index contributed by atoms with van der Waals surface area (Å²) in [7, 11) is 0. The topological polar surface area (TPSA) is 73.1 Å². The molecule has 1 unspecified atom stereocenters. The number of hydrogen-bond donors (Lipinski definition) is 2. The summed E-state index contributed by atoms with van der Waals surface area (Å²) < 4.78 is 5.37. The van der Waals surface area contributed by atoms with Crippen molar-refractivity contribution in [3.8, 4) is 0 Å². The maximum Gasteiger partial charge on any atom is 0.222 e. The van der Waals surface area contributed by atoms with Gasteiger partial charge in [-0.3, -0.25) is 0 Å². The van der Waals surface area contributed by atoms with Crippen LogP contribution in [0.15, 0.2) is 6.07 Å². The summed E-state index contributed by atoms with van der Waals surface area (Å²) in [4.78, 5) is 8.48. The van der Waals surface area contributed by atoms with Gasteiger partial charge in [0.05, 0.1) is 12.3 Å². The third kappa shape index (κ3) is 3.30. The second kappa shape index (κ2) is 5.82. The summed E-state index contributed by atoms with van der Waals surface area (Å²) in [6.07, 6.45) is 3.31. The van der Waals surface area contributed by atoms with Crippen molar-refractivity contribution < 1.29 is 4.74 Å². The van der Waals surface area contributed by atoms with E-state index in [0.29, 0.717) is 11.9 Å². The number of ether oxygens (including phenoxy) is 1. The average Bonchev–Trinajstić information content (AvgIpc) is 2.82. The highest BCUT2D eigenvalue weighted by Crippen LogP contribution is 2.25. The van der Waals surface area contributed by atoms with Gasteiger partial charge in [-0.2, -0.15) is 4.98 Å². The van der Waals surface area contributed by atoms with E-state index in [4.69, 9.17) is 10.5 Å². The Bertz CT molecular complexity index is 364. The highest BCUT2D eigenvalue weighted by Gasteiger charge is 2.20. The third-order valence-electron chi connectivity index (χ3n) is 2.95. The van der Waals surface area contributed by atoms with Gasteiger partial charge < -0.3 is 15.8 Å². The molecular formula is C12H20N4O. The first-order valence-electron chi connectivity index (χ1n) is 6.25. The van der Waals surface area contributed by atoms with Gasteiger partial charge in [0.25, 0.3) is 0 Å². The Morgan fingerprint density at radius 2 is 2.41 bits per heavy atom. The lowest BCUT2D eigenvalue weighted by atomic mass is 10.0. The Balaban J connectivity index is 2.05. The SMILES string of the molecule is CCCCNc1cc(C2CCOC2)nc(N)n1. The molecule has 2 heterocycles. The minimum absolute atomic E-state index is 0.341. The molecule has 1 aliphatic heterocycles. The van der Waals surface area contributed by atoms with Crippen molar-refractivity contribution in [2.45, 2.75) is 32.1 Å². The summed E-state index contributed by atoms with van der Waals surface area (Å²) in [5.74, 6) is 1.54. The largest absolute Gasteiger partial charge is 0.381 e. The molecule has 0 aliphatic carbocycles. The van der Waals surface area contributed by atoms with Crippen molar-refractivity contribution in [2.75, 3.05) is 30.8 Å². The quantitative estimate of drug-likeness (QED) is 0.762. The number of unbranched alkanes of at least 4 members (excludes halogenated alkanes) is 1. The maximum absolute atomic E-state index is 5.73. The number of hydrogen-bond acceptors (Lipinski definition) is 5. The number of nitrogen functional groups attached to an aromatic ring is 1. The molecule has 1 fully saturated rings. The van der Waals surface area contributed by atoms with Crippen molar-refractivity contribution in [3.05, 3.63) is 11.8 Å². The first-order valence-corrected chi connectivity index (χ1v) is 6.25. The molecule has 1 aliphatic rings. The predicted octanol–water partition coefficient (Wildman–Crippen LogP) is 1.77. The summed E-state index contributed by atoms with van der Waals surface area (Å²) in [5, 5.41) is 3.28. The van der Waals surface area contributed by atoms with E-state index in [1.807, 2.05) is 6.07 Å². The van der Waals surface area contributed by atoms with Gasteiger partial charge in [-0.25, -0.2) is 4.98 Å². The zero-order chi connectivity index (χ0) is 12.1. The summed E-state index contributed by atoms with van der Waals surface area (Å²) in [6, 6.07) is 1.99. The first-order chi connectivity index (χ1) is 8.29. The molecule has 94 valence electrons. The van der Waals surface area contributed by atoms with Gasteiger partial charge in [0.15, 0.2) is 0 Å². The Morgan fingerprint density at radius 1 is 1.53 bits per heavy atom. The molecule has 5 nitrogen and oxygen atoms in total. The lowest BCUT2D eigenvalue weighted by Gasteiger charge is -2.11. The second-order valence-corrected chi connectivity index (χ2v) is 4.38. The zero-order valence-corrected chi connectivity index (χ0v) is 10.3. The van der Waals surface area contributed by atoms with Gasteiger partial charge in [-0.15, -0.1) is 0 Å². The number of nitrogens with zero attached hydrogens (tertiary/aromatic N) is 2. The molecule has 1 atom stereocenters. The molecule has 0 saturated carbocycles. The van der Waals surface area contributed by atoms with Crippen LogP contribution in [-0.4, -0.2) is 29.7 Å². The fraction of sp³-hybridized carbons (Fsp3) is 0.667. The number of rotatable bonds is 5. The third-order valence-corrected chi connectivity index (χ3v) is 2.95. The molecule has 3 N–H and O–H groups in total. The van der Waals surface area contributed by atoms with Crippen molar-refractivity contribution in [3.63, 3.8) is 0 Å². The zero-order valence-electron chi connectivity index (χ0n) is 10.3. The smallest absolute Gasteiger partial charge is 0.222 e. The summed E-state index contributed by atoms with van der Waals surface area (Å²) in [6.45, 7) is 4.64. The van der Waals surface area contributed by atoms with Gasteiger partial charge in [0.2, 0.25) is 5.95 Å². The van der Waals surface area contributed by atoms with E-state index in [0.717, 1.165) is 50.5 Å². The van der Waals surface area contributed by atoms with Crippen molar-refractivity contribution in [1.82, 2.24) is 9.97 Å². The lowest BCUT2D eigenvalue weighted by Crippen LogP contribution is -2.09. The van der Waals surface area contributed by atoms with E-state index in [2.05, 4.69) is 22.2 Å². The molecule has 1 aromatic rings. The van der Waals surface area contributed by atoms with E-state index in [9.17, 15) is 0 Å². The molecule has 0 radical (unpaired) electrons. The Kier molecular flexibility index (Phi) is 4.14. The summed E-state index contributed by atoms with van der Waals surface area (Å²) in [5.41, 5.74) is 6.72. The van der Waals surface area contributed by atoms with Crippen LogP contribution in [-0.2, 0) is 4.74 Å². The maximum atomic E-state index is 5.73. The van der Waals surface area contributed by atoms with Crippen LogP contribution in [0.3, 0.4) is 0 Å². The molecule has 5 heteroatoms. The van der Waals surface area contributed by atoms with Gasteiger partial charge >= 0.3 is 0 Å². The number of nitrogens with two attached hydrogens (primary N) is 1.